The first-order valence-corrected chi connectivity index (χ1v) is 11.9. The molecule has 0 bridgehead atoms. The van der Waals surface area contributed by atoms with Gasteiger partial charge in [-0.05, 0) is 42.7 Å². The fourth-order valence-electron chi connectivity index (χ4n) is 4.11. The predicted molar refractivity (Wildman–Crippen MR) is 132 cm³/mol. The Morgan fingerprint density at radius 2 is 1.76 bits per heavy atom. The van der Waals surface area contributed by atoms with Crippen molar-refractivity contribution in [2.75, 3.05) is 26.7 Å². The monoisotopic (exact) mass is 485 g/mol. The Kier molecular flexibility index (Phi) is 8.56. The molecule has 1 aliphatic heterocycles. The molecule has 34 heavy (non-hydrogen) atoms. The third kappa shape index (κ3) is 6.08. The summed E-state index contributed by atoms with van der Waals surface area (Å²) in [4.78, 5) is 42.5. The second-order valence-corrected chi connectivity index (χ2v) is 9.33. The van der Waals surface area contributed by atoms with Gasteiger partial charge in [-0.1, -0.05) is 49.7 Å². The van der Waals surface area contributed by atoms with Crippen molar-refractivity contribution in [2.45, 2.75) is 39.3 Å². The fourth-order valence-corrected chi connectivity index (χ4v) is 4.33. The topological polar surface area (TPSA) is 79.0 Å². The number of halogens is 1. The Bertz CT molecular complexity index is 1020. The highest BCUT2D eigenvalue weighted by Crippen LogP contribution is 2.21. The number of rotatable bonds is 7. The first kappa shape index (κ1) is 25.6. The largest absolute Gasteiger partial charge is 0.497 e. The lowest BCUT2D eigenvalue weighted by atomic mass is 10.0. The lowest BCUT2D eigenvalue weighted by Gasteiger charge is -2.41. The molecule has 0 aromatic heterocycles. The summed E-state index contributed by atoms with van der Waals surface area (Å²) in [5.41, 5.74) is 1.30. The number of nitrogens with one attached hydrogen (secondary N) is 1. The second kappa shape index (κ2) is 11.4. The van der Waals surface area contributed by atoms with E-state index in [0.29, 0.717) is 30.2 Å². The summed E-state index contributed by atoms with van der Waals surface area (Å²) in [6.45, 7) is 6.94. The summed E-state index contributed by atoms with van der Waals surface area (Å²) in [5.74, 6) is 0.164. The van der Waals surface area contributed by atoms with E-state index in [1.54, 1.807) is 53.3 Å². The first-order valence-electron chi connectivity index (χ1n) is 11.5. The Labute approximate surface area is 206 Å². The summed E-state index contributed by atoms with van der Waals surface area (Å²) in [7, 11) is 1.59. The van der Waals surface area contributed by atoms with Crippen LogP contribution in [0.1, 0.15) is 36.7 Å². The minimum absolute atomic E-state index is 0.0783. The number of ether oxygens (including phenoxy) is 1. The summed E-state index contributed by atoms with van der Waals surface area (Å²) < 4.78 is 5.15. The normalized spacial score (nSPS) is 16.8. The molecule has 2 unspecified atom stereocenters. The van der Waals surface area contributed by atoms with Gasteiger partial charge in [0.1, 0.15) is 11.8 Å². The van der Waals surface area contributed by atoms with Crippen molar-refractivity contribution in [3.05, 3.63) is 64.7 Å². The number of carbonyl (C=O) groups excluding carboxylic acids is 3. The van der Waals surface area contributed by atoms with Crippen LogP contribution in [0.25, 0.3) is 0 Å². The summed E-state index contributed by atoms with van der Waals surface area (Å²) >= 11 is 6.20. The quantitative estimate of drug-likeness (QED) is 0.652. The molecule has 1 fully saturated rings. The number of benzene rings is 2. The minimum atomic E-state index is -0.635. The van der Waals surface area contributed by atoms with Gasteiger partial charge in [-0.25, -0.2) is 0 Å². The molecule has 2 atom stereocenters. The molecule has 2 aromatic rings. The van der Waals surface area contributed by atoms with E-state index >= 15 is 0 Å². The van der Waals surface area contributed by atoms with Crippen LogP contribution in [0.2, 0.25) is 5.02 Å². The number of nitrogens with zero attached hydrogens (tertiary/aromatic N) is 2. The van der Waals surface area contributed by atoms with Crippen LogP contribution in [0.5, 0.6) is 5.75 Å². The maximum Gasteiger partial charge on any atom is 0.255 e. The molecular formula is C26H32ClN3O4. The van der Waals surface area contributed by atoms with Crippen molar-refractivity contribution in [2.24, 2.45) is 5.92 Å². The van der Waals surface area contributed by atoms with Crippen molar-refractivity contribution in [3.8, 4) is 5.75 Å². The second-order valence-electron chi connectivity index (χ2n) is 8.93. The molecule has 1 saturated heterocycles. The third-order valence-electron chi connectivity index (χ3n) is 6.08. The van der Waals surface area contributed by atoms with E-state index in [9.17, 15) is 14.4 Å². The zero-order valence-electron chi connectivity index (χ0n) is 20.1. The van der Waals surface area contributed by atoms with Crippen molar-refractivity contribution in [1.29, 1.82) is 0 Å². The predicted octanol–water partition coefficient (Wildman–Crippen LogP) is 3.41. The van der Waals surface area contributed by atoms with E-state index < -0.39 is 6.04 Å². The molecule has 0 saturated carbocycles. The van der Waals surface area contributed by atoms with E-state index in [4.69, 9.17) is 16.3 Å². The smallest absolute Gasteiger partial charge is 0.255 e. The molecule has 0 radical (unpaired) electrons. The van der Waals surface area contributed by atoms with Gasteiger partial charge in [-0.15, -0.1) is 0 Å². The van der Waals surface area contributed by atoms with Gasteiger partial charge in [-0.3, -0.25) is 14.4 Å². The van der Waals surface area contributed by atoms with Crippen LogP contribution >= 0.6 is 11.6 Å². The van der Waals surface area contributed by atoms with Gasteiger partial charge < -0.3 is 19.9 Å². The minimum Gasteiger partial charge on any atom is -0.497 e. The number of hydrogen-bond donors (Lipinski definition) is 1. The number of amides is 3. The highest BCUT2D eigenvalue weighted by molar-refractivity contribution is 6.33. The van der Waals surface area contributed by atoms with Crippen molar-refractivity contribution >= 4 is 29.3 Å². The van der Waals surface area contributed by atoms with Gasteiger partial charge >= 0.3 is 0 Å². The fraction of sp³-hybridized carbons (Fsp3) is 0.423. The van der Waals surface area contributed by atoms with Crippen molar-refractivity contribution in [1.82, 2.24) is 15.1 Å². The molecule has 1 heterocycles. The van der Waals surface area contributed by atoms with Crippen LogP contribution in [-0.2, 0) is 16.0 Å². The van der Waals surface area contributed by atoms with Gasteiger partial charge in [0.2, 0.25) is 11.8 Å². The summed E-state index contributed by atoms with van der Waals surface area (Å²) in [5, 5.41) is 3.33. The number of piperazine rings is 1. The Morgan fingerprint density at radius 1 is 1.09 bits per heavy atom. The summed E-state index contributed by atoms with van der Waals surface area (Å²) in [6, 6.07) is 13.4. The van der Waals surface area contributed by atoms with Gasteiger partial charge in [0, 0.05) is 25.7 Å². The molecule has 1 N–H and O–H groups in total. The molecule has 1 aliphatic rings. The molecule has 8 heteroatoms. The van der Waals surface area contributed by atoms with Crippen LogP contribution in [0, 0.1) is 5.92 Å². The van der Waals surface area contributed by atoms with Crippen LogP contribution in [0.3, 0.4) is 0 Å². The van der Waals surface area contributed by atoms with Gasteiger partial charge in [0.25, 0.3) is 5.91 Å². The van der Waals surface area contributed by atoms with Crippen LogP contribution < -0.4 is 10.1 Å². The van der Waals surface area contributed by atoms with E-state index in [0.717, 1.165) is 11.3 Å². The van der Waals surface area contributed by atoms with Crippen LogP contribution in [0.15, 0.2) is 48.5 Å². The van der Waals surface area contributed by atoms with Crippen molar-refractivity contribution in [3.63, 3.8) is 0 Å². The highest BCUT2D eigenvalue weighted by atomic mass is 35.5. The molecule has 7 nitrogen and oxygen atoms in total. The molecule has 3 rings (SSSR count). The average molecular weight is 486 g/mol. The number of methoxy groups -OCH3 is 1. The maximum absolute atomic E-state index is 13.3. The van der Waals surface area contributed by atoms with E-state index in [1.165, 1.54) is 0 Å². The molecule has 0 aliphatic carbocycles. The van der Waals surface area contributed by atoms with Gasteiger partial charge in [0.15, 0.2) is 0 Å². The molecule has 2 aromatic carbocycles. The van der Waals surface area contributed by atoms with Gasteiger partial charge in [-0.2, -0.15) is 0 Å². The molecule has 3 amide bonds. The third-order valence-corrected chi connectivity index (χ3v) is 6.41. The first-order chi connectivity index (χ1) is 16.2. The average Bonchev–Trinajstić information content (AvgIpc) is 2.82. The van der Waals surface area contributed by atoms with Gasteiger partial charge in [0.05, 0.1) is 24.1 Å². The lowest BCUT2D eigenvalue weighted by Crippen LogP contribution is -2.60. The zero-order chi connectivity index (χ0) is 24.8. The molecule has 182 valence electrons. The Balaban J connectivity index is 1.61. The Hall–Kier alpha value is -3.06. The van der Waals surface area contributed by atoms with Crippen LogP contribution in [-0.4, -0.2) is 66.3 Å². The maximum atomic E-state index is 13.3. The highest BCUT2D eigenvalue weighted by Gasteiger charge is 2.35. The number of carbonyl (C=O) groups is 3. The molecule has 0 spiro atoms. The summed E-state index contributed by atoms with van der Waals surface area (Å²) in [6.07, 6.45) is 0.178. The van der Waals surface area contributed by atoms with E-state index in [-0.39, 0.29) is 36.1 Å². The lowest BCUT2D eigenvalue weighted by molar-refractivity contribution is -0.139. The SMILES string of the molecule is COc1ccc(CC(=O)NC(C(=O)N2CCN(C(=O)c3ccccc3Cl)C(C)C2)C(C)C)cc1. The number of hydrogen-bond acceptors (Lipinski definition) is 4. The van der Waals surface area contributed by atoms with E-state index in [1.807, 2.05) is 32.9 Å². The Morgan fingerprint density at radius 3 is 2.35 bits per heavy atom. The van der Waals surface area contributed by atoms with E-state index in [2.05, 4.69) is 5.32 Å². The standard InChI is InChI=1S/C26H32ClN3O4/c1-17(2)24(28-23(31)15-19-9-11-20(34-4)12-10-19)26(33)29-13-14-30(18(3)16-29)25(32)21-7-5-6-8-22(21)27/h5-12,17-18,24H,13-16H2,1-4H3,(H,28,31). The van der Waals surface area contributed by atoms with Crippen LogP contribution in [0.4, 0.5) is 0 Å². The zero-order valence-corrected chi connectivity index (χ0v) is 20.8. The molecular weight excluding hydrogens is 454 g/mol. The van der Waals surface area contributed by atoms with Crippen molar-refractivity contribution < 1.29 is 19.1 Å².